The molecule has 0 spiro atoms. The fraction of sp³-hybridized carbons (Fsp3) is 0.375. The molecule has 0 bridgehead atoms. The summed E-state index contributed by atoms with van der Waals surface area (Å²) in [5.74, 6) is 3.22. The van der Waals surface area contributed by atoms with Crippen LogP contribution in [0.4, 0.5) is 0 Å². The lowest BCUT2D eigenvalue weighted by Gasteiger charge is -1.88. The molecule has 0 amide bonds. The highest BCUT2D eigenvalue weighted by molar-refractivity contribution is 7.99. The van der Waals surface area contributed by atoms with Crippen molar-refractivity contribution in [3.8, 4) is 12.3 Å². The lowest BCUT2D eigenvalue weighted by molar-refractivity contribution is 0.995. The number of nitrogens with one attached hydrogen (secondary N) is 1. The predicted octanol–water partition coefficient (Wildman–Crippen LogP) is 1.70. The second-order valence-corrected chi connectivity index (χ2v) is 3.02. The van der Waals surface area contributed by atoms with E-state index in [1.165, 1.54) is 0 Å². The van der Waals surface area contributed by atoms with Gasteiger partial charge >= 0.3 is 0 Å². The number of H-pyrrole nitrogens is 1. The Labute approximate surface area is 70.8 Å². The summed E-state index contributed by atoms with van der Waals surface area (Å²) in [5, 5.41) is 0.916. The van der Waals surface area contributed by atoms with E-state index in [0.717, 1.165) is 17.3 Å². The first-order chi connectivity index (χ1) is 5.36. The minimum atomic E-state index is 0.677. The second kappa shape index (κ2) is 4.09. The van der Waals surface area contributed by atoms with Crippen molar-refractivity contribution < 1.29 is 0 Å². The van der Waals surface area contributed by atoms with E-state index in [1.54, 1.807) is 11.8 Å². The van der Waals surface area contributed by atoms with Gasteiger partial charge in [-0.3, -0.25) is 0 Å². The SMILES string of the molecule is C#CCSc1ncc(CC)[nH]1. The van der Waals surface area contributed by atoms with Crippen LogP contribution in [0.15, 0.2) is 11.4 Å². The zero-order valence-electron chi connectivity index (χ0n) is 6.42. The number of nitrogens with zero attached hydrogens (tertiary/aromatic N) is 1. The van der Waals surface area contributed by atoms with Crippen LogP contribution in [0, 0.1) is 12.3 Å². The lowest BCUT2D eigenvalue weighted by atomic mass is 10.4. The minimum Gasteiger partial charge on any atom is -0.337 e. The summed E-state index contributed by atoms with van der Waals surface area (Å²) in [4.78, 5) is 7.29. The average molecular weight is 166 g/mol. The molecule has 0 saturated carbocycles. The zero-order chi connectivity index (χ0) is 8.10. The Bertz CT molecular complexity index is 259. The highest BCUT2D eigenvalue weighted by Crippen LogP contribution is 2.12. The van der Waals surface area contributed by atoms with Crippen molar-refractivity contribution in [2.24, 2.45) is 0 Å². The summed E-state index contributed by atoms with van der Waals surface area (Å²) in [6.07, 6.45) is 7.94. The van der Waals surface area contributed by atoms with Crippen LogP contribution < -0.4 is 0 Å². The van der Waals surface area contributed by atoms with Crippen LogP contribution in [0.1, 0.15) is 12.6 Å². The van der Waals surface area contributed by atoms with Gasteiger partial charge in [0.15, 0.2) is 5.16 Å². The van der Waals surface area contributed by atoms with Gasteiger partial charge in [0, 0.05) is 11.9 Å². The van der Waals surface area contributed by atoms with Crippen LogP contribution in [0.5, 0.6) is 0 Å². The summed E-state index contributed by atoms with van der Waals surface area (Å²) in [5.41, 5.74) is 1.16. The van der Waals surface area contributed by atoms with Crippen LogP contribution in [0.3, 0.4) is 0 Å². The van der Waals surface area contributed by atoms with Crippen molar-refractivity contribution in [3.05, 3.63) is 11.9 Å². The summed E-state index contributed by atoms with van der Waals surface area (Å²) >= 11 is 1.55. The molecule has 0 atom stereocenters. The third-order valence-electron chi connectivity index (χ3n) is 1.28. The molecule has 0 fully saturated rings. The molecule has 0 aliphatic rings. The minimum absolute atomic E-state index is 0.677. The first-order valence-corrected chi connectivity index (χ1v) is 4.45. The van der Waals surface area contributed by atoms with E-state index in [0.29, 0.717) is 5.75 Å². The maximum Gasteiger partial charge on any atom is 0.166 e. The predicted molar refractivity (Wildman–Crippen MR) is 47.5 cm³/mol. The number of hydrogen-bond donors (Lipinski definition) is 1. The summed E-state index contributed by atoms with van der Waals surface area (Å²) in [7, 11) is 0. The highest BCUT2D eigenvalue weighted by atomic mass is 32.2. The molecule has 0 unspecified atom stereocenters. The quantitative estimate of drug-likeness (QED) is 0.547. The molecule has 0 saturated heterocycles. The van der Waals surface area contributed by atoms with Crippen molar-refractivity contribution in [1.29, 1.82) is 0 Å². The van der Waals surface area contributed by atoms with Gasteiger partial charge in [-0.15, -0.1) is 6.42 Å². The van der Waals surface area contributed by atoms with Crippen LogP contribution in [-0.2, 0) is 6.42 Å². The van der Waals surface area contributed by atoms with Crippen LogP contribution in [0.2, 0.25) is 0 Å². The summed E-state index contributed by atoms with van der Waals surface area (Å²) in [6.45, 7) is 2.09. The van der Waals surface area contributed by atoms with Gasteiger partial charge in [0.25, 0.3) is 0 Å². The number of hydrogen-bond acceptors (Lipinski definition) is 2. The molecule has 1 aromatic heterocycles. The molecule has 1 heterocycles. The number of imidazole rings is 1. The molecule has 58 valence electrons. The van der Waals surface area contributed by atoms with Crippen molar-refractivity contribution in [3.63, 3.8) is 0 Å². The Morgan fingerprint density at radius 1 is 1.82 bits per heavy atom. The Kier molecular flexibility index (Phi) is 3.06. The van der Waals surface area contributed by atoms with E-state index >= 15 is 0 Å². The number of aryl methyl sites for hydroxylation is 1. The largest absolute Gasteiger partial charge is 0.337 e. The Morgan fingerprint density at radius 2 is 2.64 bits per heavy atom. The normalized spacial score (nSPS) is 9.45. The second-order valence-electron chi connectivity index (χ2n) is 2.06. The lowest BCUT2D eigenvalue weighted by Crippen LogP contribution is -1.79. The third-order valence-corrected chi connectivity index (χ3v) is 2.07. The van der Waals surface area contributed by atoms with Crippen molar-refractivity contribution in [2.45, 2.75) is 18.5 Å². The van der Waals surface area contributed by atoms with Gasteiger partial charge in [-0.25, -0.2) is 4.98 Å². The first kappa shape index (κ1) is 8.22. The van der Waals surface area contributed by atoms with Gasteiger partial charge in [-0.2, -0.15) is 0 Å². The first-order valence-electron chi connectivity index (χ1n) is 3.47. The van der Waals surface area contributed by atoms with E-state index in [1.807, 2.05) is 6.20 Å². The van der Waals surface area contributed by atoms with Crippen LogP contribution >= 0.6 is 11.8 Å². The van der Waals surface area contributed by atoms with E-state index in [2.05, 4.69) is 22.8 Å². The van der Waals surface area contributed by atoms with Gasteiger partial charge in [0.2, 0.25) is 0 Å². The maximum absolute atomic E-state index is 5.10. The maximum atomic E-state index is 5.10. The Hall–Kier alpha value is -0.880. The summed E-state index contributed by atoms with van der Waals surface area (Å²) in [6, 6.07) is 0. The molecule has 0 aliphatic heterocycles. The van der Waals surface area contributed by atoms with Crippen molar-refractivity contribution in [1.82, 2.24) is 9.97 Å². The monoisotopic (exact) mass is 166 g/mol. The van der Waals surface area contributed by atoms with E-state index < -0.39 is 0 Å². The van der Waals surface area contributed by atoms with Crippen molar-refractivity contribution in [2.75, 3.05) is 5.75 Å². The smallest absolute Gasteiger partial charge is 0.166 e. The summed E-state index contributed by atoms with van der Waals surface area (Å²) < 4.78 is 0. The van der Waals surface area contributed by atoms with Gasteiger partial charge in [-0.1, -0.05) is 24.6 Å². The fourth-order valence-corrected chi connectivity index (χ4v) is 1.25. The molecule has 2 nitrogen and oxygen atoms in total. The molecule has 3 heteroatoms. The van der Waals surface area contributed by atoms with Gasteiger partial charge in [0.05, 0.1) is 5.75 Å². The molecular weight excluding hydrogens is 156 g/mol. The van der Waals surface area contributed by atoms with E-state index in [9.17, 15) is 0 Å². The fourth-order valence-electron chi connectivity index (χ4n) is 0.701. The van der Waals surface area contributed by atoms with Gasteiger partial charge in [0.1, 0.15) is 0 Å². The molecule has 1 N–H and O–H groups in total. The van der Waals surface area contributed by atoms with E-state index in [4.69, 9.17) is 6.42 Å². The number of rotatable bonds is 3. The van der Waals surface area contributed by atoms with Crippen LogP contribution in [-0.4, -0.2) is 15.7 Å². The third kappa shape index (κ3) is 2.32. The number of thioether (sulfide) groups is 1. The van der Waals surface area contributed by atoms with Crippen LogP contribution in [0.25, 0.3) is 0 Å². The molecule has 1 aromatic rings. The number of aromatic nitrogens is 2. The van der Waals surface area contributed by atoms with Gasteiger partial charge in [-0.05, 0) is 6.42 Å². The van der Waals surface area contributed by atoms with Gasteiger partial charge < -0.3 is 4.98 Å². The number of aromatic amines is 1. The average Bonchev–Trinajstić information content (AvgIpc) is 2.48. The molecule has 1 rings (SSSR count). The standard InChI is InChI=1S/C8H10N2S/c1-3-5-11-8-9-6-7(4-2)10-8/h1,6H,4-5H2,2H3,(H,9,10). The molecule has 0 aromatic carbocycles. The van der Waals surface area contributed by atoms with Crippen molar-refractivity contribution >= 4 is 11.8 Å². The zero-order valence-corrected chi connectivity index (χ0v) is 7.24. The topological polar surface area (TPSA) is 28.7 Å². The Balaban J connectivity index is 2.53. The van der Waals surface area contributed by atoms with E-state index in [-0.39, 0.29) is 0 Å². The number of terminal acetylenes is 1. The molecule has 0 radical (unpaired) electrons. The molecule has 0 aliphatic carbocycles. The molecule has 11 heavy (non-hydrogen) atoms. The molecular formula is C8H10N2S. The Morgan fingerprint density at radius 3 is 3.18 bits per heavy atom. The highest BCUT2D eigenvalue weighted by Gasteiger charge is 1.96.